The molecule has 0 spiro atoms. The highest BCUT2D eigenvalue weighted by molar-refractivity contribution is 5.95. The molecule has 0 aromatic heterocycles. The number of anilines is 1. The maximum absolute atomic E-state index is 11.7. The van der Waals surface area contributed by atoms with Gasteiger partial charge in [0.25, 0.3) is 5.91 Å². The van der Waals surface area contributed by atoms with Gasteiger partial charge in [-0.3, -0.25) is 10.0 Å². The van der Waals surface area contributed by atoms with Gasteiger partial charge in [-0.1, -0.05) is 13.0 Å². The summed E-state index contributed by atoms with van der Waals surface area (Å²) in [7, 11) is 1.60. The number of hydroxylamine groups is 1. The van der Waals surface area contributed by atoms with Crippen LogP contribution in [-0.4, -0.2) is 31.4 Å². The van der Waals surface area contributed by atoms with Crippen LogP contribution in [0.3, 0.4) is 0 Å². The third kappa shape index (κ3) is 2.47. The molecule has 5 heteroatoms. The van der Waals surface area contributed by atoms with Crippen LogP contribution in [0.2, 0.25) is 0 Å². The van der Waals surface area contributed by atoms with Gasteiger partial charge in [-0.15, -0.1) is 0 Å². The SMILES string of the molecule is COCCOc1ccc2c(c1)N(O)C(=O)[C@H](C)C2. The zero-order valence-corrected chi connectivity index (χ0v) is 10.5. The molecule has 0 radical (unpaired) electrons. The fourth-order valence-corrected chi connectivity index (χ4v) is 1.99. The molecule has 5 nitrogen and oxygen atoms in total. The summed E-state index contributed by atoms with van der Waals surface area (Å²) in [5.74, 6) is 0.145. The van der Waals surface area contributed by atoms with Crippen LogP contribution in [0, 0.1) is 5.92 Å². The van der Waals surface area contributed by atoms with Crippen molar-refractivity contribution in [1.29, 1.82) is 0 Å². The number of ether oxygens (including phenoxy) is 2. The maximum atomic E-state index is 11.7. The molecule has 18 heavy (non-hydrogen) atoms. The molecule has 2 rings (SSSR count). The second kappa shape index (κ2) is 5.37. The Balaban J connectivity index is 2.18. The molecule has 98 valence electrons. The van der Waals surface area contributed by atoms with Crippen molar-refractivity contribution in [2.24, 2.45) is 5.92 Å². The number of hydrogen-bond donors (Lipinski definition) is 1. The third-order valence-corrected chi connectivity index (χ3v) is 3.00. The first-order valence-electron chi connectivity index (χ1n) is 5.91. The zero-order chi connectivity index (χ0) is 13.1. The second-order valence-corrected chi connectivity index (χ2v) is 4.39. The molecule has 1 aliphatic heterocycles. The van der Waals surface area contributed by atoms with Crippen LogP contribution in [0.15, 0.2) is 18.2 Å². The van der Waals surface area contributed by atoms with Crippen LogP contribution in [0.1, 0.15) is 12.5 Å². The molecule has 1 aromatic rings. The van der Waals surface area contributed by atoms with Crippen molar-refractivity contribution in [2.45, 2.75) is 13.3 Å². The summed E-state index contributed by atoms with van der Waals surface area (Å²) >= 11 is 0. The minimum absolute atomic E-state index is 0.192. The molecule has 1 heterocycles. The van der Waals surface area contributed by atoms with E-state index in [1.807, 2.05) is 12.1 Å². The van der Waals surface area contributed by atoms with E-state index < -0.39 is 0 Å². The lowest BCUT2D eigenvalue weighted by molar-refractivity contribution is -0.127. The molecule has 0 saturated heterocycles. The van der Waals surface area contributed by atoms with Crippen LogP contribution < -0.4 is 9.80 Å². The Bertz CT molecular complexity index is 447. The van der Waals surface area contributed by atoms with Crippen LogP contribution in [-0.2, 0) is 16.0 Å². The zero-order valence-electron chi connectivity index (χ0n) is 10.5. The number of nitrogens with zero attached hydrogens (tertiary/aromatic N) is 1. The summed E-state index contributed by atoms with van der Waals surface area (Å²) in [6.45, 7) is 2.73. The van der Waals surface area contributed by atoms with Crippen molar-refractivity contribution in [3.63, 3.8) is 0 Å². The second-order valence-electron chi connectivity index (χ2n) is 4.39. The minimum atomic E-state index is -0.281. The largest absolute Gasteiger partial charge is 0.491 e. The Labute approximate surface area is 106 Å². The van der Waals surface area contributed by atoms with Crippen LogP contribution in [0.25, 0.3) is 0 Å². The lowest BCUT2D eigenvalue weighted by Gasteiger charge is -2.28. The van der Waals surface area contributed by atoms with E-state index in [1.54, 1.807) is 20.1 Å². The number of benzene rings is 1. The number of amides is 1. The van der Waals surface area contributed by atoms with Gasteiger partial charge in [0.05, 0.1) is 12.3 Å². The Morgan fingerprint density at radius 2 is 2.22 bits per heavy atom. The molecular formula is C13H17NO4. The smallest absolute Gasteiger partial charge is 0.253 e. The summed E-state index contributed by atoms with van der Waals surface area (Å²) < 4.78 is 10.3. The molecule has 0 saturated carbocycles. The van der Waals surface area contributed by atoms with Crippen LogP contribution >= 0.6 is 0 Å². The topological polar surface area (TPSA) is 59.0 Å². The summed E-state index contributed by atoms with van der Waals surface area (Å²) in [6.07, 6.45) is 0.642. The van der Waals surface area contributed by atoms with E-state index in [9.17, 15) is 10.0 Å². The van der Waals surface area contributed by atoms with Gasteiger partial charge in [-0.05, 0) is 18.1 Å². The molecule has 0 fully saturated rings. The molecule has 1 amide bonds. The molecular weight excluding hydrogens is 234 g/mol. The standard InChI is InChI=1S/C13H17NO4/c1-9-7-10-3-4-11(18-6-5-17-2)8-12(10)14(16)13(9)15/h3-4,8-9,16H,5-7H2,1-2H3/t9-/m1/s1. The van der Waals surface area contributed by atoms with Gasteiger partial charge in [0, 0.05) is 19.1 Å². The van der Waals surface area contributed by atoms with E-state index in [0.717, 1.165) is 5.56 Å². The summed E-state index contributed by atoms with van der Waals surface area (Å²) in [6, 6.07) is 5.39. The van der Waals surface area contributed by atoms with E-state index in [-0.39, 0.29) is 11.8 Å². The maximum Gasteiger partial charge on any atom is 0.253 e. The van der Waals surface area contributed by atoms with Crippen molar-refractivity contribution < 1.29 is 19.5 Å². The number of methoxy groups -OCH3 is 1. The molecule has 1 atom stereocenters. The number of hydrogen-bond acceptors (Lipinski definition) is 4. The molecule has 0 aliphatic carbocycles. The highest BCUT2D eigenvalue weighted by Gasteiger charge is 2.29. The number of fused-ring (bicyclic) bond motifs is 1. The Kier molecular flexibility index (Phi) is 3.84. The van der Waals surface area contributed by atoms with Gasteiger partial charge in [0.15, 0.2) is 0 Å². The van der Waals surface area contributed by atoms with E-state index in [4.69, 9.17) is 9.47 Å². The highest BCUT2D eigenvalue weighted by atomic mass is 16.5. The lowest BCUT2D eigenvalue weighted by atomic mass is 9.94. The normalized spacial score (nSPS) is 18.7. The quantitative estimate of drug-likeness (QED) is 0.652. The van der Waals surface area contributed by atoms with Crippen molar-refractivity contribution in [1.82, 2.24) is 0 Å². The molecule has 1 N–H and O–H groups in total. The third-order valence-electron chi connectivity index (χ3n) is 3.00. The van der Waals surface area contributed by atoms with Crippen LogP contribution in [0.4, 0.5) is 5.69 Å². The first kappa shape index (κ1) is 12.9. The van der Waals surface area contributed by atoms with Gasteiger partial charge in [0.2, 0.25) is 0 Å². The molecule has 0 bridgehead atoms. The van der Waals surface area contributed by atoms with Crippen molar-refractivity contribution >= 4 is 11.6 Å². The van der Waals surface area contributed by atoms with Gasteiger partial charge in [-0.2, -0.15) is 5.06 Å². The average molecular weight is 251 g/mol. The number of rotatable bonds is 4. The van der Waals surface area contributed by atoms with E-state index >= 15 is 0 Å². The number of carbonyl (C=O) groups is 1. The van der Waals surface area contributed by atoms with E-state index in [2.05, 4.69) is 0 Å². The fourth-order valence-electron chi connectivity index (χ4n) is 1.99. The molecule has 1 aliphatic rings. The fraction of sp³-hybridized carbons (Fsp3) is 0.462. The van der Waals surface area contributed by atoms with E-state index in [0.29, 0.717) is 36.1 Å². The van der Waals surface area contributed by atoms with Crippen molar-refractivity contribution in [3.8, 4) is 5.75 Å². The molecule has 1 aromatic carbocycles. The lowest BCUT2D eigenvalue weighted by Crippen LogP contribution is -2.37. The Morgan fingerprint density at radius 3 is 2.94 bits per heavy atom. The van der Waals surface area contributed by atoms with Gasteiger partial charge in [0.1, 0.15) is 12.4 Å². The van der Waals surface area contributed by atoms with Crippen LogP contribution in [0.5, 0.6) is 5.75 Å². The van der Waals surface area contributed by atoms with Crippen molar-refractivity contribution in [2.75, 3.05) is 25.4 Å². The predicted molar refractivity (Wildman–Crippen MR) is 66.0 cm³/mol. The van der Waals surface area contributed by atoms with Crippen molar-refractivity contribution in [3.05, 3.63) is 23.8 Å². The minimum Gasteiger partial charge on any atom is -0.491 e. The first-order chi connectivity index (χ1) is 8.63. The van der Waals surface area contributed by atoms with Gasteiger partial charge in [-0.25, -0.2) is 0 Å². The first-order valence-corrected chi connectivity index (χ1v) is 5.91. The van der Waals surface area contributed by atoms with E-state index in [1.165, 1.54) is 0 Å². The summed E-state index contributed by atoms with van der Waals surface area (Å²) in [5.41, 5.74) is 1.46. The molecule has 0 unspecified atom stereocenters. The Hall–Kier alpha value is -1.59. The average Bonchev–Trinajstić information content (AvgIpc) is 2.37. The monoisotopic (exact) mass is 251 g/mol. The van der Waals surface area contributed by atoms with Gasteiger partial charge >= 0.3 is 0 Å². The summed E-state index contributed by atoms with van der Waals surface area (Å²) in [5, 5.41) is 10.5. The Morgan fingerprint density at radius 1 is 1.44 bits per heavy atom. The number of carbonyl (C=O) groups excluding carboxylic acids is 1. The predicted octanol–water partition coefficient (Wildman–Crippen LogP) is 1.63. The summed E-state index contributed by atoms with van der Waals surface area (Å²) in [4.78, 5) is 11.7. The highest BCUT2D eigenvalue weighted by Crippen LogP contribution is 2.32. The van der Waals surface area contributed by atoms with Gasteiger partial charge < -0.3 is 9.47 Å².